The van der Waals surface area contributed by atoms with Crippen molar-refractivity contribution in [1.29, 1.82) is 0 Å². The molecule has 2 rings (SSSR count). The van der Waals surface area contributed by atoms with Gasteiger partial charge >= 0.3 is 0 Å². The van der Waals surface area contributed by atoms with Gasteiger partial charge in [0.25, 0.3) is 5.91 Å². The van der Waals surface area contributed by atoms with Crippen molar-refractivity contribution in [2.45, 2.75) is 13.3 Å². The first-order chi connectivity index (χ1) is 8.52. The van der Waals surface area contributed by atoms with Gasteiger partial charge in [0, 0.05) is 35.7 Å². The van der Waals surface area contributed by atoms with E-state index in [1.54, 1.807) is 11.0 Å². The second kappa shape index (κ2) is 5.59. The first kappa shape index (κ1) is 13.8. The van der Waals surface area contributed by atoms with Gasteiger partial charge in [0.15, 0.2) is 0 Å². The standard InChI is InChI=1S/C13H15BrClNO2/c1-8-4-10(5-11(15)12(8)14)13(18)16-3-2-9(6-16)7-17/h4-5,9,17H,2-3,6-7H2,1H3/t9-/m0/s1. The molecule has 1 amide bonds. The number of aliphatic hydroxyl groups is 1. The number of hydrogen-bond donors (Lipinski definition) is 1. The zero-order valence-corrected chi connectivity index (χ0v) is 12.5. The molecule has 3 nitrogen and oxygen atoms in total. The molecule has 1 heterocycles. The van der Waals surface area contributed by atoms with E-state index in [1.807, 2.05) is 13.0 Å². The van der Waals surface area contributed by atoms with Crippen LogP contribution in [0.1, 0.15) is 22.3 Å². The Hall–Kier alpha value is -0.580. The molecule has 0 unspecified atom stereocenters. The van der Waals surface area contributed by atoms with E-state index in [2.05, 4.69) is 15.9 Å². The second-order valence-corrected chi connectivity index (χ2v) is 5.88. The average Bonchev–Trinajstić information content (AvgIpc) is 2.83. The number of nitrogens with zero attached hydrogens (tertiary/aromatic N) is 1. The van der Waals surface area contributed by atoms with Crippen molar-refractivity contribution < 1.29 is 9.90 Å². The van der Waals surface area contributed by atoms with Crippen molar-refractivity contribution in [2.24, 2.45) is 5.92 Å². The molecule has 0 saturated carbocycles. The predicted octanol–water partition coefficient (Wildman–Crippen LogP) is 2.87. The molecule has 1 saturated heterocycles. The van der Waals surface area contributed by atoms with Gasteiger partial charge < -0.3 is 10.0 Å². The minimum absolute atomic E-state index is 0.0107. The maximum absolute atomic E-state index is 12.3. The van der Waals surface area contributed by atoms with Crippen molar-refractivity contribution in [3.8, 4) is 0 Å². The van der Waals surface area contributed by atoms with Crippen LogP contribution in [0, 0.1) is 12.8 Å². The molecular formula is C13H15BrClNO2. The zero-order valence-electron chi connectivity index (χ0n) is 10.1. The van der Waals surface area contributed by atoms with E-state index < -0.39 is 0 Å². The van der Waals surface area contributed by atoms with E-state index in [0.29, 0.717) is 23.7 Å². The normalized spacial score (nSPS) is 19.3. The van der Waals surface area contributed by atoms with E-state index in [4.69, 9.17) is 16.7 Å². The number of benzene rings is 1. The number of amides is 1. The van der Waals surface area contributed by atoms with Crippen LogP contribution in [0.4, 0.5) is 0 Å². The third-order valence-corrected chi connectivity index (χ3v) is 4.87. The Morgan fingerprint density at radius 2 is 2.33 bits per heavy atom. The summed E-state index contributed by atoms with van der Waals surface area (Å²) in [5.74, 6) is 0.199. The number of halogens is 2. The highest BCUT2D eigenvalue weighted by molar-refractivity contribution is 9.10. The zero-order chi connectivity index (χ0) is 13.3. The Balaban J connectivity index is 2.19. The van der Waals surface area contributed by atoms with Gasteiger partial charge in [-0.1, -0.05) is 11.6 Å². The molecule has 1 N–H and O–H groups in total. The number of aliphatic hydroxyl groups excluding tert-OH is 1. The first-order valence-electron chi connectivity index (χ1n) is 5.88. The van der Waals surface area contributed by atoms with Crippen molar-refractivity contribution in [3.63, 3.8) is 0 Å². The van der Waals surface area contributed by atoms with Gasteiger partial charge in [-0.2, -0.15) is 0 Å². The highest BCUT2D eigenvalue weighted by Crippen LogP contribution is 2.28. The Kier molecular flexibility index (Phi) is 4.30. The minimum Gasteiger partial charge on any atom is -0.396 e. The van der Waals surface area contributed by atoms with Crippen LogP contribution in [-0.4, -0.2) is 35.6 Å². The van der Waals surface area contributed by atoms with Crippen molar-refractivity contribution in [2.75, 3.05) is 19.7 Å². The lowest BCUT2D eigenvalue weighted by molar-refractivity contribution is 0.0782. The van der Waals surface area contributed by atoms with Gasteiger partial charge in [0.05, 0.1) is 5.02 Å². The van der Waals surface area contributed by atoms with Gasteiger partial charge in [0.2, 0.25) is 0 Å². The van der Waals surface area contributed by atoms with Gasteiger partial charge in [-0.3, -0.25) is 4.79 Å². The van der Waals surface area contributed by atoms with E-state index in [0.717, 1.165) is 16.5 Å². The summed E-state index contributed by atoms with van der Waals surface area (Å²) in [5.41, 5.74) is 1.56. The summed E-state index contributed by atoms with van der Waals surface area (Å²) in [4.78, 5) is 14.1. The maximum atomic E-state index is 12.3. The number of carbonyl (C=O) groups is 1. The lowest BCUT2D eigenvalue weighted by Gasteiger charge is -2.17. The molecule has 1 aliphatic heterocycles. The molecule has 18 heavy (non-hydrogen) atoms. The lowest BCUT2D eigenvalue weighted by Crippen LogP contribution is -2.29. The summed E-state index contributed by atoms with van der Waals surface area (Å²) in [7, 11) is 0. The molecule has 0 spiro atoms. The fourth-order valence-electron chi connectivity index (χ4n) is 2.20. The SMILES string of the molecule is Cc1cc(C(=O)N2CC[C@H](CO)C2)cc(Cl)c1Br. The molecule has 1 atom stereocenters. The number of aryl methyl sites for hydroxylation is 1. The Morgan fingerprint density at radius 3 is 2.89 bits per heavy atom. The summed E-state index contributed by atoms with van der Waals surface area (Å²) in [5, 5.41) is 9.65. The summed E-state index contributed by atoms with van der Waals surface area (Å²) in [6, 6.07) is 3.53. The highest BCUT2D eigenvalue weighted by Gasteiger charge is 2.26. The maximum Gasteiger partial charge on any atom is 0.253 e. The summed E-state index contributed by atoms with van der Waals surface area (Å²) >= 11 is 9.44. The molecule has 1 aliphatic rings. The van der Waals surface area contributed by atoms with Crippen LogP contribution < -0.4 is 0 Å². The monoisotopic (exact) mass is 331 g/mol. The molecule has 0 radical (unpaired) electrons. The van der Waals surface area contributed by atoms with E-state index >= 15 is 0 Å². The number of likely N-dealkylation sites (tertiary alicyclic amines) is 1. The van der Waals surface area contributed by atoms with Crippen LogP contribution in [0.2, 0.25) is 5.02 Å². The molecule has 0 aromatic heterocycles. The van der Waals surface area contributed by atoms with Gasteiger partial charge in [0.1, 0.15) is 0 Å². The number of rotatable bonds is 2. The molecule has 1 fully saturated rings. The predicted molar refractivity (Wildman–Crippen MR) is 75.0 cm³/mol. The Labute approximate surface area is 120 Å². The first-order valence-corrected chi connectivity index (χ1v) is 7.05. The third-order valence-electron chi connectivity index (χ3n) is 3.29. The van der Waals surface area contributed by atoms with E-state index in [9.17, 15) is 4.79 Å². The van der Waals surface area contributed by atoms with Crippen LogP contribution in [0.5, 0.6) is 0 Å². The third kappa shape index (κ3) is 2.71. The molecule has 5 heteroatoms. The Morgan fingerprint density at radius 1 is 1.61 bits per heavy atom. The van der Waals surface area contributed by atoms with Crippen LogP contribution in [-0.2, 0) is 0 Å². The number of carbonyl (C=O) groups excluding carboxylic acids is 1. The largest absolute Gasteiger partial charge is 0.396 e. The molecule has 1 aromatic carbocycles. The van der Waals surface area contributed by atoms with Gasteiger partial charge in [-0.25, -0.2) is 0 Å². The van der Waals surface area contributed by atoms with E-state index in [-0.39, 0.29) is 18.4 Å². The van der Waals surface area contributed by atoms with Crippen molar-refractivity contribution in [1.82, 2.24) is 4.90 Å². The molecule has 98 valence electrons. The fraction of sp³-hybridized carbons (Fsp3) is 0.462. The van der Waals surface area contributed by atoms with Crippen LogP contribution in [0.15, 0.2) is 16.6 Å². The van der Waals surface area contributed by atoms with Crippen LogP contribution in [0.3, 0.4) is 0 Å². The van der Waals surface area contributed by atoms with Crippen LogP contribution in [0.25, 0.3) is 0 Å². The van der Waals surface area contributed by atoms with Crippen molar-refractivity contribution in [3.05, 3.63) is 32.8 Å². The minimum atomic E-state index is -0.0107. The Bertz CT molecular complexity index is 455. The average molecular weight is 333 g/mol. The lowest BCUT2D eigenvalue weighted by atomic mass is 10.1. The molecule has 1 aromatic rings. The quantitative estimate of drug-likeness (QED) is 0.904. The molecule has 0 aliphatic carbocycles. The summed E-state index contributed by atoms with van der Waals surface area (Å²) < 4.78 is 0.829. The fourth-order valence-corrected chi connectivity index (χ4v) is 2.69. The number of hydrogen-bond acceptors (Lipinski definition) is 2. The summed E-state index contributed by atoms with van der Waals surface area (Å²) in [6.45, 7) is 3.38. The van der Waals surface area contributed by atoms with E-state index in [1.165, 1.54) is 0 Å². The van der Waals surface area contributed by atoms with Gasteiger partial charge in [-0.05, 0) is 47.0 Å². The molecule has 0 bridgehead atoms. The summed E-state index contributed by atoms with van der Waals surface area (Å²) in [6.07, 6.45) is 0.867. The topological polar surface area (TPSA) is 40.5 Å². The smallest absolute Gasteiger partial charge is 0.253 e. The van der Waals surface area contributed by atoms with Crippen LogP contribution >= 0.6 is 27.5 Å². The van der Waals surface area contributed by atoms with Crippen molar-refractivity contribution >= 4 is 33.4 Å². The second-order valence-electron chi connectivity index (χ2n) is 4.68. The molecular weight excluding hydrogens is 318 g/mol. The van der Waals surface area contributed by atoms with Gasteiger partial charge in [-0.15, -0.1) is 0 Å². The highest BCUT2D eigenvalue weighted by atomic mass is 79.9.